The Kier molecular flexibility index (Phi) is 5.92. The summed E-state index contributed by atoms with van der Waals surface area (Å²) in [6.07, 6.45) is 2.85. The van der Waals surface area contributed by atoms with Crippen molar-refractivity contribution in [1.82, 2.24) is 15.0 Å². The Bertz CT molecular complexity index is 1030. The molecule has 0 aliphatic carbocycles. The highest BCUT2D eigenvalue weighted by atomic mass is 19.1. The van der Waals surface area contributed by atoms with Crippen LogP contribution in [0.15, 0.2) is 55.0 Å². The van der Waals surface area contributed by atoms with Gasteiger partial charge in [-0.2, -0.15) is 0 Å². The smallest absolute Gasteiger partial charge is 0.229 e. The van der Waals surface area contributed by atoms with E-state index in [4.69, 9.17) is 0 Å². The number of hydrogen-bond donors (Lipinski definition) is 1. The van der Waals surface area contributed by atoms with Gasteiger partial charge in [0, 0.05) is 29.2 Å². The summed E-state index contributed by atoms with van der Waals surface area (Å²) in [6.45, 7) is 14.4. The fourth-order valence-electron chi connectivity index (χ4n) is 3.33. The van der Waals surface area contributed by atoms with Crippen LogP contribution in [0.5, 0.6) is 0 Å². The van der Waals surface area contributed by atoms with Crippen LogP contribution in [0.25, 0.3) is 11.3 Å². The van der Waals surface area contributed by atoms with Gasteiger partial charge in [-0.1, -0.05) is 12.6 Å². The van der Waals surface area contributed by atoms with Gasteiger partial charge >= 0.3 is 0 Å². The van der Waals surface area contributed by atoms with Crippen molar-refractivity contribution in [2.45, 2.75) is 40.7 Å². The largest absolute Gasteiger partial charge is 0.343 e. The molecule has 0 spiro atoms. The lowest BCUT2D eigenvalue weighted by molar-refractivity contribution is 0.619. The van der Waals surface area contributed by atoms with E-state index in [1.54, 1.807) is 12.3 Å². The first-order valence-corrected chi connectivity index (χ1v) is 9.55. The van der Waals surface area contributed by atoms with Gasteiger partial charge in [-0.25, -0.2) is 19.3 Å². The minimum atomic E-state index is -0.475. The van der Waals surface area contributed by atoms with E-state index in [1.807, 2.05) is 38.1 Å². The molecule has 0 bridgehead atoms. The maximum absolute atomic E-state index is 14.7. The number of pyridine rings is 1. The van der Waals surface area contributed by atoms with E-state index < -0.39 is 5.82 Å². The normalized spacial score (nSPS) is 10.9. The molecule has 6 heteroatoms. The summed E-state index contributed by atoms with van der Waals surface area (Å²) in [5.41, 5.74) is 5.06. The Labute approximate surface area is 171 Å². The topological polar surface area (TPSA) is 53.9 Å². The van der Waals surface area contributed by atoms with Gasteiger partial charge in [0.1, 0.15) is 11.5 Å². The summed E-state index contributed by atoms with van der Waals surface area (Å²) in [7, 11) is 0. The molecule has 2 aromatic heterocycles. The molecular formula is C23H26FN5. The van der Waals surface area contributed by atoms with Crippen LogP contribution in [-0.4, -0.2) is 21.0 Å². The molecule has 1 N–H and O–H groups in total. The number of allylic oxidation sites excluding steroid dienone is 1. The van der Waals surface area contributed by atoms with Crippen LogP contribution in [0.2, 0.25) is 0 Å². The lowest BCUT2D eigenvalue weighted by Gasteiger charge is -2.31. The SMILES string of the molecule is C=C(C)N(c1cc(-c2nc(Nc3ccccn3)ncc2F)cc(C)c1C)C(C)C. The van der Waals surface area contributed by atoms with Crippen LogP contribution in [0, 0.1) is 19.7 Å². The summed E-state index contributed by atoms with van der Waals surface area (Å²) >= 11 is 0. The van der Waals surface area contributed by atoms with Gasteiger partial charge < -0.3 is 10.2 Å². The van der Waals surface area contributed by atoms with Crippen molar-refractivity contribution >= 4 is 17.5 Å². The number of aryl methyl sites for hydroxylation is 1. The number of benzene rings is 1. The van der Waals surface area contributed by atoms with Crippen molar-refractivity contribution in [1.29, 1.82) is 0 Å². The molecule has 0 aliphatic heterocycles. The Morgan fingerprint density at radius 3 is 2.55 bits per heavy atom. The first-order chi connectivity index (χ1) is 13.8. The molecule has 0 fully saturated rings. The molecule has 0 saturated heterocycles. The second-order valence-electron chi connectivity index (χ2n) is 7.37. The van der Waals surface area contributed by atoms with Gasteiger partial charge in [-0.15, -0.1) is 0 Å². The van der Waals surface area contributed by atoms with Crippen molar-refractivity contribution in [3.8, 4) is 11.3 Å². The van der Waals surface area contributed by atoms with Crippen LogP contribution in [0.4, 0.5) is 21.8 Å². The zero-order valence-electron chi connectivity index (χ0n) is 17.5. The minimum Gasteiger partial charge on any atom is -0.343 e. The van der Waals surface area contributed by atoms with E-state index in [0.717, 1.165) is 22.5 Å². The molecule has 0 atom stereocenters. The van der Waals surface area contributed by atoms with Gasteiger partial charge in [0.05, 0.1) is 6.20 Å². The van der Waals surface area contributed by atoms with Crippen LogP contribution in [0.1, 0.15) is 31.9 Å². The quantitative estimate of drug-likeness (QED) is 0.577. The highest BCUT2D eigenvalue weighted by Gasteiger charge is 2.18. The maximum atomic E-state index is 14.7. The highest BCUT2D eigenvalue weighted by Crippen LogP contribution is 2.34. The van der Waals surface area contributed by atoms with Crippen molar-refractivity contribution in [3.63, 3.8) is 0 Å². The van der Waals surface area contributed by atoms with Crippen molar-refractivity contribution in [3.05, 3.63) is 71.9 Å². The van der Waals surface area contributed by atoms with Gasteiger partial charge in [-0.05, 0) is 70.0 Å². The molecule has 3 aromatic rings. The third-order valence-corrected chi connectivity index (χ3v) is 4.75. The average molecular weight is 391 g/mol. The summed E-state index contributed by atoms with van der Waals surface area (Å²) in [5, 5.41) is 3.02. The number of aromatic nitrogens is 3. The molecule has 2 heterocycles. The first kappa shape index (κ1) is 20.5. The lowest BCUT2D eigenvalue weighted by atomic mass is 9.99. The number of nitrogens with one attached hydrogen (secondary N) is 1. The zero-order valence-corrected chi connectivity index (χ0v) is 17.5. The number of hydrogen-bond acceptors (Lipinski definition) is 5. The van der Waals surface area contributed by atoms with Gasteiger partial charge in [0.25, 0.3) is 0 Å². The molecular weight excluding hydrogens is 365 g/mol. The monoisotopic (exact) mass is 391 g/mol. The number of halogens is 1. The third-order valence-electron chi connectivity index (χ3n) is 4.75. The standard InChI is InChI=1S/C23H26FN5/c1-14(2)29(15(3)4)20-12-18(11-16(5)17(20)6)22-19(24)13-26-23(28-22)27-21-9-7-8-10-25-21/h7-13,15H,1H2,2-6H3,(H,25,26,27,28). The number of rotatable bonds is 6. The second-order valence-corrected chi connectivity index (χ2v) is 7.37. The van der Waals surface area contributed by atoms with E-state index in [0.29, 0.717) is 17.3 Å². The molecule has 150 valence electrons. The first-order valence-electron chi connectivity index (χ1n) is 9.55. The van der Waals surface area contributed by atoms with Gasteiger partial charge in [-0.3, -0.25) is 0 Å². The Morgan fingerprint density at radius 1 is 1.17 bits per heavy atom. The highest BCUT2D eigenvalue weighted by molar-refractivity contribution is 5.72. The molecule has 0 unspecified atom stereocenters. The predicted octanol–water partition coefficient (Wildman–Crippen LogP) is 5.79. The van der Waals surface area contributed by atoms with Crippen molar-refractivity contribution in [2.75, 3.05) is 10.2 Å². The molecule has 3 rings (SSSR count). The number of anilines is 3. The summed E-state index contributed by atoms with van der Waals surface area (Å²) in [6, 6.07) is 9.61. The van der Waals surface area contributed by atoms with Crippen LogP contribution >= 0.6 is 0 Å². The summed E-state index contributed by atoms with van der Waals surface area (Å²) in [4.78, 5) is 14.8. The average Bonchev–Trinajstić information content (AvgIpc) is 2.67. The van der Waals surface area contributed by atoms with Crippen molar-refractivity contribution in [2.24, 2.45) is 0 Å². The Hall–Kier alpha value is -3.28. The molecule has 0 amide bonds. The molecule has 0 saturated carbocycles. The number of nitrogens with zero attached hydrogens (tertiary/aromatic N) is 4. The lowest BCUT2D eigenvalue weighted by Crippen LogP contribution is -2.29. The summed E-state index contributed by atoms with van der Waals surface area (Å²) in [5.74, 6) is 0.414. The molecule has 29 heavy (non-hydrogen) atoms. The fourth-order valence-corrected chi connectivity index (χ4v) is 3.33. The maximum Gasteiger partial charge on any atom is 0.229 e. The Balaban J connectivity index is 2.08. The minimum absolute atomic E-state index is 0.220. The molecule has 0 radical (unpaired) electrons. The second kappa shape index (κ2) is 8.39. The van der Waals surface area contributed by atoms with Gasteiger partial charge in [0.15, 0.2) is 5.82 Å². The fraction of sp³-hybridized carbons (Fsp3) is 0.261. The van der Waals surface area contributed by atoms with Gasteiger partial charge in [0.2, 0.25) is 5.95 Å². The summed E-state index contributed by atoms with van der Waals surface area (Å²) < 4.78 is 14.7. The van der Waals surface area contributed by atoms with Crippen LogP contribution in [0.3, 0.4) is 0 Å². The van der Waals surface area contributed by atoms with E-state index in [2.05, 4.69) is 52.5 Å². The van der Waals surface area contributed by atoms with Crippen molar-refractivity contribution < 1.29 is 4.39 Å². The van der Waals surface area contributed by atoms with Crippen LogP contribution in [-0.2, 0) is 0 Å². The van der Waals surface area contributed by atoms with E-state index in [-0.39, 0.29) is 11.7 Å². The van der Waals surface area contributed by atoms with Crippen LogP contribution < -0.4 is 10.2 Å². The zero-order chi connectivity index (χ0) is 21.1. The predicted molar refractivity (Wildman–Crippen MR) is 117 cm³/mol. The third kappa shape index (κ3) is 4.42. The van der Waals surface area contributed by atoms with E-state index >= 15 is 0 Å². The Morgan fingerprint density at radius 2 is 1.93 bits per heavy atom. The van der Waals surface area contributed by atoms with E-state index in [9.17, 15) is 4.39 Å². The molecule has 1 aromatic carbocycles. The molecule has 0 aliphatic rings. The van der Waals surface area contributed by atoms with E-state index in [1.165, 1.54) is 6.20 Å². The molecule has 5 nitrogen and oxygen atoms in total.